The lowest BCUT2D eigenvalue weighted by Gasteiger charge is -2.19. The van der Waals surface area contributed by atoms with Gasteiger partial charge in [0.15, 0.2) is 5.84 Å². The summed E-state index contributed by atoms with van der Waals surface area (Å²) in [6.07, 6.45) is 1.65. The van der Waals surface area contributed by atoms with Gasteiger partial charge in [0, 0.05) is 11.3 Å². The van der Waals surface area contributed by atoms with Gasteiger partial charge < -0.3 is 9.72 Å². The highest BCUT2D eigenvalue weighted by Crippen LogP contribution is 2.23. The fraction of sp³-hybridized carbons (Fsp3) is 0.353. The number of thiol groups is 1. The van der Waals surface area contributed by atoms with Crippen LogP contribution in [-0.4, -0.2) is 33.3 Å². The summed E-state index contributed by atoms with van der Waals surface area (Å²) < 4.78 is 5.52. The maximum absolute atomic E-state index is 12.7. The lowest BCUT2D eigenvalue weighted by atomic mass is 10.1. The Morgan fingerprint density at radius 1 is 1.44 bits per heavy atom. The van der Waals surface area contributed by atoms with Crippen LogP contribution in [0.1, 0.15) is 47.8 Å². The lowest BCUT2D eigenvalue weighted by molar-refractivity contribution is 0.0840. The number of benzene rings is 1. The zero-order valence-electron chi connectivity index (χ0n) is 14.6. The molecule has 1 aromatic heterocycles. The smallest absolute Gasteiger partial charge is 0.292 e. The number of hydrogen-bond acceptors (Lipinski definition) is 6. The van der Waals surface area contributed by atoms with Crippen LogP contribution >= 0.6 is 12.6 Å². The van der Waals surface area contributed by atoms with Crippen LogP contribution in [0, 0.1) is 12.3 Å². The molecule has 0 atom stereocenters. The van der Waals surface area contributed by atoms with Crippen molar-refractivity contribution in [2.45, 2.75) is 38.5 Å². The average Bonchev–Trinajstić information content (AvgIpc) is 2.95. The number of amides is 1. The van der Waals surface area contributed by atoms with Crippen LogP contribution in [0.25, 0.3) is 0 Å². The number of carbonyl (C=O) groups excluding carboxylic acids is 1. The molecule has 0 aliphatic rings. The third kappa shape index (κ3) is 4.21. The number of nitrogens with two attached hydrogens (primary N) is 1. The van der Waals surface area contributed by atoms with E-state index in [1.807, 2.05) is 13.8 Å². The molecule has 0 saturated heterocycles. The van der Waals surface area contributed by atoms with E-state index in [9.17, 15) is 4.79 Å². The number of imidazole rings is 1. The summed E-state index contributed by atoms with van der Waals surface area (Å²) in [6, 6.07) is 5.10. The molecule has 7 nitrogen and oxygen atoms in total. The van der Waals surface area contributed by atoms with Crippen molar-refractivity contribution in [2.75, 3.05) is 6.61 Å². The minimum atomic E-state index is -0.524. The number of carbonyl (C=O) groups is 1. The van der Waals surface area contributed by atoms with Crippen LogP contribution in [0.5, 0.6) is 5.75 Å². The number of amidine groups is 1. The highest BCUT2D eigenvalue weighted by atomic mass is 32.1. The van der Waals surface area contributed by atoms with E-state index in [4.69, 9.17) is 16.0 Å². The number of H-pyrrole nitrogens is 1. The van der Waals surface area contributed by atoms with Crippen molar-refractivity contribution >= 4 is 24.4 Å². The second kappa shape index (κ2) is 8.17. The van der Waals surface area contributed by atoms with Crippen LogP contribution in [0.4, 0.5) is 0 Å². The van der Waals surface area contributed by atoms with Crippen LogP contribution in [-0.2, 0) is 6.42 Å². The summed E-state index contributed by atoms with van der Waals surface area (Å²) in [5, 5.41) is 9.11. The van der Waals surface area contributed by atoms with Crippen molar-refractivity contribution in [3.63, 3.8) is 0 Å². The Hall–Kier alpha value is -2.32. The predicted octanol–water partition coefficient (Wildman–Crippen LogP) is 2.70. The minimum absolute atomic E-state index is 0.171. The molecule has 8 heteroatoms. The molecule has 0 saturated carbocycles. The first kappa shape index (κ1) is 19.0. The Kier molecular flexibility index (Phi) is 6.22. The van der Waals surface area contributed by atoms with Crippen LogP contribution in [0.15, 0.2) is 23.1 Å². The summed E-state index contributed by atoms with van der Waals surface area (Å²) in [4.78, 5) is 20.7. The Balaban J connectivity index is 2.31. The second-order valence-electron chi connectivity index (χ2n) is 5.53. The summed E-state index contributed by atoms with van der Waals surface area (Å²) >= 11 is 4.28. The molecular weight excluding hydrogens is 338 g/mol. The van der Waals surface area contributed by atoms with E-state index in [0.717, 1.165) is 23.7 Å². The summed E-state index contributed by atoms with van der Waals surface area (Å²) in [5.74, 6) is 6.43. The maximum atomic E-state index is 12.7. The number of aromatic nitrogens is 2. The quantitative estimate of drug-likeness (QED) is 0.158. The maximum Gasteiger partial charge on any atom is 0.292 e. The molecule has 0 fully saturated rings. The van der Waals surface area contributed by atoms with Gasteiger partial charge in [0.2, 0.25) is 0 Å². The topological polar surface area (TPSA) is 108 Å². The molecule has 134 valence electrons. The van der Waals surface area contributed by atoms with E-state index in [1.54, 1.807) is 25.1 Å². The highest BCUT2D eigenvalue weighted by Gasteiger charge is 2.24. The lowest BCUT2D eigenvalue weighted by Crippen LogP contribution is -2.43. The summed E-state index contributed by atoms with van der Waals surface area (Å²) in [7, 11) is 0. The van der Waals surface area contributed by atoms with Gasteiger partial charge in [0.05, 0.1) is 17.9 Å². The monoisotopic (exact) mass is 361 g/mol. The Morgan fingerprint density at radius 2 is 2.16 bits per heavy atom. The van der Waals surface area contributed by atoms with Gasteiger partial charge in [-0.05, 0) is 38.5 Å². The largest absolute Gasteiger partial charge is 0.493 e. The molecule has 0 aliphatic carbocycles. The van der Waals surface area contributed by atoms with Gasteiger partial charge >= 0.3 is 0 Å². The zero-order valence-corrected chi connectivity index (χ0v) is 15.5. The van der Waals surface area contributed by atoms with E-state index < -0.39 is 5.91 Å². The van der Waals surface area contributed by atoms with E-state index in [2.05, 4.69) is 22.6 Å². The summed E-state index contributed by atoms with van der Waals surface area (Å²) in [6.45, 7) is 6.05. The standard InChI is InChI=1S/C17H23N5O2S/c1-4-6-14-20-10(3)15(21-14)17(23)22(19)16(18)12-9-11(25)7-8-13(12)24-5-2/h7-9,18,25H,4-6,19H2,1-3H3,(H,20,21). The number of nitrogens with one attached hydrogen (secondary N) is 2. The predicted molar refractivity (Wildman–Crippen MR) is 99.4 cm³/mol. The molecule has 0 bridgehead atoms. The SMILES string of the molecule is CCCc1nc(C)c(C(=O)N(N)C(=N)c2cc(S)ccc2OCC)[nH]1. The first-order valence-corrected chi connectivity index (χ1v) is 8.53. The number of ether oxygens (including phenoxy) is 1. The Labute approximate surface area is 152 Å². The van der Waals surface area contributed by atoms with E-state index in [1.165, 1.54) is 0 Å². The number of rotatable bonds is 6. The first-order valence-electron chi connectivity index (χ1n) is 8.08. The molecule has 2 aromatic rings. The van der Waals surface area contributed by atoms with Crippen LogP contribution < -0.4 is 10.6 Å². The van der Waals surface area contributed by atoms with E-state index >= 15 is 0 Å². The third-order valence-corrected chi connectivity index (χ3v) is 3.89. The van der Waals surface area contributed by atoms with Crippen molar-refractivity contribution in [3.8, 4) is 5.75 Å². The van der Waals surface area contributed by atoms with Gasteiger partial charge in [-0.1, -0.05) is 6.92 Å². The molecule has 25 heavy (non-hydrogen) atoms. The number of aromatic amines is 1. The molecule has 0 aliphatic heterocycles. The number of nitrogens with zero attached hydrogens (tertiary/aromatic N) is 2. The van der Waals surface area contributed by atoms with E-state index in [0.29, 0.717) is 28.5 Å². The van der Waals surface area contributed by atoms with Crippen molar-refractivity contribution in [2.24, 2.45) is 5.84 Å². The van der Waals surface area contributed by atoms with Crippen molar-refractivity contribution < 1.29 is 9.53 Å². The molecular formula is C17H23N5O2S. The molecule has 0 radical (unpaired) electrons. The molecule has 0 unspecified atom stereocenters. The normalized spacial score (nSPS) is 10.6. The van der Waals surface area contributed by atoms with E-state index in [-0.39, 0.29) is 11.5 Å². The van der Waals surface area contributed by atoms with Gasteiger partial charge in [-0.2, -0.15) is 0 Å². The molecule has 1 amide bonds. The molecule has 2 rings (SSSR count). The number of hydrazine groups is 1. The Bertz CT molecular complexity index is 787. The van der Waals surface area contributed by atoms with Crippen molar-refractivity contribution in [1.82, 2.24) is 15.0 Å². The molecule has 1 aromatic carbocycles. The first-order chi connectivity index (χ1) is 11.9. The van der Waals surface area contributed by atoms with Gasteiger partial charge in [-0.25, -0.2) is 15.8 Å². The highest BCUT2D eigenvalue weighted by molar-refractivity contribution is 7.80. The van der Waals surface area contributed by atoms with Gasteiger partial charge in [0.1, 0.15) is 17.3 Å². The van der Waals surface area contributed by atoms with Gasteiger partial charge in [-0.15, -0.1) is 12.6 Å². The third-order valence-electron chi connectivity index (χ3n) is 3.61. The minimum Gasteiger partial charge on any atom is -0.493 e. The van der Waals surface area contributed by atoms with Gasteiger partial charge in [0.25, 0.3) is 5.91 Å². The van der Waals surface area contributed by atoms with Crippen molar-refractivity contribution in [1.29, 1.82) is 5.41 Å². The Morgan fingerprint density at radius 3 is 2.80 bits per heavy atom. The zero-order chi connectivity index (χ0) is 18.6. The molecule has 4 N–H and O–H groups in total. The second-order valence-corrected chi connectivity index (χ2v) is 6.05. The fourth-order valence-electron chi connectivity index (χ4n) is 2.42. The number of aryl methyl sites for hydroxylation is 2. The average molecular weight is 361 g/mol. The number of hydrogen-bond donors (Lipinski definition) is 4. The molecule has 1 heterocycles. The molecule has 0 spiro atoms. The summed E-state index contributed by atoms with van der Waals surface area (Å²) in [5.41, 5.74) is 1.25. The van der Waals surface area contributed by atoms with Crippen molar-refractivity contribution in [3.05, 3.63) is 41.0 Å². The van der Waals surface area contributed by atoms with Crippen LogP contribution in [0.2, 0.25) is 0 Å². The fourth-order valence-corrected chi connectivity index (χ4v) is 2.62. The van der Waals surface area contributed by atoms with Crippen LogP contribution in [0.3, 0.4) is 0 Å². The van der Waals surface area contributed by atoms with Gasteiger partial charge in [-0.3, -0.25) is 10.2 Å².